The summed E-state index contributed by atoms with van der Waals surface area (Å²) in [6.07, 6.45) is 5.05. The van der Waals surface area contributed by atoms with Gasteiger partial charge in [0.1, 0.15) is 4.70 Å². The Labute approximate surface area is 108 Å². The van der Waals surface area contributed by atoms with Crippen molar-refractivity contribution in [3.8, 4) is 0 Å². The molecule has 3 rings (SSSR count). The normalized spacial score (nSPS) is 16.2. The molecular weight excluding hydrogens is 252 g/mol. The molecule has 0 radical (unpaired) electrons. The van der Waals surface area contributed by atoms with Gasteiger partial charge in [-0.15, -0.1) is 11.3 Å². The first kappa shape index (κ1) is 11.2. The molecule has 2 aromatic heterocycles. The number of fused-ring (bicyclic) bond motifs is 1. The molecule has 0 unspecified atom stereocenters. The summed E-state index contributed by atoms with van der Waals surface area (Å²) in [5.41, 5.74) is 0.933. The monoisotopic (exact) mass is 266 g/mol. The van der Waals surface area contributed by atoms with Crippen LogP contribution in [0.1, 0.15) is 25.7 Å². The molecule has 0 bridgehead atoms. The van der Waals surface area contributed by atoms with Crippen LogP contribution >= 0.6 is 23.6 Å². The van der Waals surface area contributed by atoms with Crippen molar-refractivity contribution in [3.05, 3.63) is 26.6 Å². The first-order valence-corrected chi connectivity index (χ1v) is 7.25. The smallest absolute Gasteiger partial charge is 0.272 e. The van der Waals surface area contributed by atoms with E-state index in [0.717, 1.165) is 29.1 Å². The fourth-order valence-corrected chi connectivity index (χ4v) is 3.35. The zero-order valence-corrected chi connectivity index (χ0v) is 11.1. The van der Waals surface area contributed by atoms with Gasteiger partial charge in [-0.05, 0) is 36.0 Å². The average Bonchev–Trinajstić information content (AvgIpc) is 2.68. The number of nitrogens with one attached hydrogen (secondary N) is 1. The van der Waals surface area contributed by atoms with Crippen molar-refractivity contribution >= 4 is 33.8 Å². The Hall–Kier alpha value is -0.940. The van der Waals surface area contributed by atoms with E-state index in [2.05, 4.69) is 4.98 Å². The minimum Gasteiger partial charge on any atom is -0.331 e. The Morgan fingerprint density at radius 3 is 3.06 bits per heavy atom. The number of H-pyrrole nitrogens is 1. The van der Waals surface area contributed by atoms with Gasteiger partial charge < -0.3 is 4.98 Å². The standard InChI is InChI=1S/C12H14N2OS2/c15-11-10-9(5-7-17-10)13-12(16)14(11)6-4-8-2-1-3-8/h5,7-8H,1-4,6H2,(H,13,16). The van der Waals surface area contributed by atoms with Crippen LogP contribution in [0.25, 0.3) is 10.2 Å². The molecule has 5 heteroatoms. The first-order valence-electron chi connectivity index (χ1n) is 5.96. The number of thiophene rings is 1. The summed E-state index contributed by atoms with van der Waals surface area (Å²) < 4.78 is 3.05. The average molecular weight is 266 g/mol. The third-order valence-electron chi connectivity index (χ3n) is 3.58. The van der Waals surface area contributed by atoms with Crippen molar-refractivity contribution in [2.45, 2.75) is 32.2 Å². The van der Waals surface area contributed by atoms with Gasteiger partial charge in [0.25, 0.3) is 5.56 Å². The Bertz CT molecular complexity index is 648. The number of aromatic nitrogens is 2. The highest BCUT2D eigenvalue weighted by Crippen LogP contribution is 2.29. The molecule has 0 aromatic carbocycles. The third kappa shape index (κ3) is 1.98. The molecule has 1 aliphatic rings. The van der Waals surface area contributed by atoms with Crippen molar-refractivity contribution in [2.24, 2.45) is 5.92 Å². The zero-order chi connectivity index (χ0) is 11.8. The van der Waals surface area contributed by atoms with Crippen molar-refractivity contribution in [2.75, 3.05) is 0 Å². The van der Waals surface area contributed by atoms with Gasteiger partial charge in [-0.3, -0.25) is 9.36 Å². The highest BCUT2D eigenvalue weighted by Gasteiger charge is 2.17. The summed E-state index contributed by atoms with van der Waals surface area (Å²) in [5.74, 6) is 0.801. The van der Waals surface area contributed by atoms with Gasteiger partial charge in [-0.25, -0.2) is 0 Å². The molecule has 0 amide bonds. The molecule has 0 aliphatic heterocycles. The van der Waals surface area contributed by atoms with Gasteiger partial charge in [0, 0.05) is 6.54 Å². The Balaban J connectivity index is 1.96. The Morgan fingerprint density at radius 2 is 2.35 bits per heavy atom. The van der Waals surface area contributed by atoms with Crippen LogP contribution in [0.3, 0.4) is 0 Å². The van der Waals surface area contributed by atoms with E-state index in [4.69, 9.17) is 12.2 Å². The summed E-state index contributed by atoms with van der Waals surface area (Å²) in [5, 5.41) is 1.92. The van der Waals surface area contributed by atoms with Crippen LogP contribution in [0.15, 0.2) is 16.2 Å². The molecule has 3 nitrogen and oxygen atoms in total. The third-order valence-corrected chi connectivity index (χ3v) is 4.80. The molecule has 0 saturated heterocycles. The lowest BCUT2D eigenvalue weighted by atomic mass is 9.83. The summed E-state index contributed by atoms with van der Waals surface area (Å²) in [6, 6.07) is 1.91. The van der Waals surface area contributed by atoms with Crippen LogP contribution < -0.4 is 5.56 Å². The van der Waals surface area contributed by atoms with E-state index in [1.165, 1.54) is 30.6 Å². The molecule has 2 heterocycles. The van der Waals surface area contributed by atoms with Gasteiger partial charge in [-0.2, -0.15) is 0 Å². The molecule has 1 N–H and O–H groups in total. The molecule has 1 fully saturated rings. The Kier molecular flexibility index (Phi) is 2.88. The van der Waals surface area contributed by atoms with Crippen LogP contribution in [-0.4, -0.2) is 9.55 Å². The highest BCUT2D eigenvalue weighted by atomic mass is 32.1. The number of aromatic amines is 1. The van der Waals surface area contributed by atoms with Gasteiger partial charge in [0.05, 0.1) is 5.52 Å². The minimum absolute atomic E-state index is 0.0677. The van der Waals surface area contributed by atoms with Crippen molar-refractivity contribution < 1.29 is 0 Å². The molecule has 0 atom stereocenters. The van der Waals surface area contributed by atoms with Crippen molar-refractivity contribution in [3.63, 3.8) is 0 Å². The molecule has 1 saturated carbocycles. The lowest BCUT2D eigenvalue weighted by Gasteiger charge is -2.25. The first-order chi connectivity index (χ1) is 8.25. The zero-order valence-electron chi connectivity index (χ0n) is 9.44. The lowest BCUT2D eigenvalue weighted by molar-refractivity contribution is 0.280. The van der Waals surface area contributed by atoms with Gasteiger partial charge in [0.2, 0.25) is 0 Å². The number of nitrogens with zero attached hydrogens (tertiary/aromatic N) is 1. The second-order valence-corrected chi connectivity index (χ2v) is 5.94. The summed E-state index contributed by atoms with van der Waals surface area (Å²) >= 11 is 6.73. The van der Waals surface area contributed by atoms with E-state index in [-0.39, 0.29) is 5.56 Å². The largest absolute Gasteiger partial charge is 0.331 e. The van der Waals surface area contributed by atoms with E-state index >= 15 is 0 Å². The summed E-state index contributed by atoms with van der Waals surface area (Å²) in [7, 11) is 0. The quantitative estimate of drug-likeness (QED) is 0.865. The van der Waals surface area contributed by atoms with Crippen LogP contribution in [0.4, 0.5) is 0 Å². The van der Waals surface area contributed by atoms with Gasteiger partial charge >= 0.3 is 0 Å². The maximum absolute atomic E-state index is 12.2. The fourth-order valence-electron chi connectivity index (χ4n) is 2.27. The second-order valence-electron chi connectivity index (χ2n) is 4.64. The van der Waals surface area contributed by atoms with E-state index in [1.54, 1.807) is 4.57 Å². The number of rotatable bonds is 3. The predicted octanol–water partition coefficient (Wildman–Crippen LogP) is 3.31. The maximum Gasteiger partial charge on any atom is 0.272 e. The maximum atomic E-state index is 12.2. The summed E-state index contributed by atoms with van der Waals surface area (Å²) in [6.45, 7) is 0.757. The van der Waals surface area contributed by atoms with Crippen LogP contribution in [0.2, 0.25) is 0 Å². The Morgan fingerprint density at radius 1 is 1.53 bits per heavy atom. The van der Waals surface area contributed by atoms with Crippen LogP contribution in [-0.2, 0) is 6.54 Å². The van der Waals surface area contributed by atoms with E-state index in [9.17, 15) is 4.79 Å². The second kappa shape index (κ2) is 4.38. The van der Waals surface area contributed by atoms with Crippen molar-refractivity contribution in [1.82, 2.24) is 9.55 Å². The lowest BCUT2D eigenvalue weighted by Crippen LogP contribution is -2.24. The molecule has 1 aliphatic carbocycles. The van der Waals surface area contributed by atoms with E-state index in [0.29, 0.717) is 4.77 Å². The summed E-state index contributed by atoms with van der Waals surface area (Å²) in [4.78, 5) is 15.3. The molecule has 90 valence electrons. The van der Waals surface area contributed by atoms with Crippen molar-refractivity contribution in [1.29, 1.82) is 0 Å². The minimum atomic E-state index is 0.0677. The topological polar surface area (TPSA) is 37.8 Å². The number of hydrogen-bond donors (Lipinski definition) is 1. The predicted molar refractivity (Wildman–Crippen MR) is 73.2 cm³/mol. The highest BCUT2D eigenvalue weighted by molar-refractivity contribution is 7.71. The van der Waals surface area contributed by atoms with Gasteiger partial charge in [-0.1, -0.05) is 19.3 Å². The van der Waals surface area contributed by atoms with E-state index in [1.807, 2.05) is 11.4 Å². The molecule has 2 aromatic rings. The van der Waals surface area contributed by atoms with Crippen LogP contribution in [0, 0.1) is 10.7 Å². The molecular formula is C12H14N2OS2. The SMILES string of the molecule is O=c1c2sccc2[nH]c(=S)n1CCC1CCC1. The van der Waals surface area contributed by atoms with Gasteiger partial charge in [0.15, 0.2) is 4.77 Å². The molecule has 17 heavy (non-hydrogen) atoms. The van der Waals surface area contributed by atoms with E-state index < -0.39 is 0 Å². The van der Waals surface area contributed by atoms with Crippen LogP contribution in [0.5, 0.6) is 0 Å². The number of hydrogen-bond acceptors (Lipinski definition) is 3. The molecule has 0 spiro atoms. The fraction of sp³-hybridized carbons (Fsp3) is 0.500.